The van der Waals surface area contributed by atoms with Crippen molar-refractivity contribution in [2.24, 2.45) is 0 Å². The highest BCUT2D eigenvalue weighted by Gasteiger charge is 1.94. The molecular weight excluding hydrogens is 164 g/mol. The number of rotatable bonds is 2. The molecule has 3 heteroatoms. The molecule has 62 valence electrons. The molecule has 0 heterocycles. The van der Waals surface area contributed by atoms with Gasteiger partial charge in [0.05, 0.1) is 0 Å². The van der Waals surface area contributed by atoms with E-state index in [0.29, 0.717) is 12.2 Å². The third-order valence-electron chi connectivity index (χ3n) is 1.15. The Hall–Kier alpha value is -0.760. The highest BCUT2D eigenvalue weighted by molar-refractivity contribution is 6.15. The van der Waals surface area contributed by atoms with Gasteiger partial charge in [0.2, 0.25) is 0 Å². The quantitative estimate of drug-likeness (QED) is 0.474. The summed E-state index contributed by atoms with van der Waals surface area (Å²) in [6, 6.07) is 0. The van der Waals surface area contributed by atoms with Gasteiger partial charge in [-0.2, -0.15) is 0 Å². The summed E-state index contributed by atoms with van der Waals surface area (Å²) in [6.07, 6.45) is 9.18. The largest absolute Gasteiger partial charge is 0.429 e. The van der Waals surface area contributed by atoms with E-state index in [0.717, 1.165) is 12.8 Å². The van der Waals surface area contributed by atoms with Crippen molar-refractivity contribution >= 4 is 18.1 Å². The van der Waals surface area contributed by atoms with Crippen molar-refractivity contribution in [2.45, 2.75) is 12.8 Å². The van der Waals surface area contributed by atoms with Crippen LogP contribution >= 0.6 is 11.6 Å². The minimum atomic E-state index is 0.446. The minimum Gasteiger partial charge on any atom is -0.429 e. The Morgan fingerprint density at radius 3 is 2.73 bits per heavy atom. The molecule has 0 aromatic rings. The van der Waals surface area contributed by atoms with Gasteiger partial charge in [0.15, 0.2) is 0 Å². The van der Waals surface area contributed by atoms with E-state index in [9.17, 15) is 4.79 Å². The van der Waals surface area contributed by atoms with E-state index >= 15 is 0 Å². The summed E-state index contributed by atoms with van der Waals surface area (Å²) in [5.41, 5.74) is 0. The number of allylic oxidation sites excluding steroid dienone is 3. The normalized spacial score (nSPS) is 14.2. The van der Waals surface area contributed by atoms with Crippen LogP contribution in [0.3, 0.4) is 0 Å². The molecule has 1 rings (SSSR count). The molecule has 11 heavy (non-hydrogen) atoms. The molecule has 0 saturated carbocycles. The van der Waals surface area contributed by atoms with Gasteiger partial charge >= 0.3 is 0 Å². The topological polar surface area (TPSA) is 26.3 Å². The van der Waals surface area contributed by atoms with E-state index in [1.807, 2.05) is 12.2 Å². The summed E-state index contributed by atoms with van der Waals surface area (Å²) in [6.45, 7) is 0.446. The highest BCUT2D eigenvalue weighted by Crippen LogP contribution is 2.08. The average molecular weight is 175 g/mol. The molecule has 0 N–H and O–H groups in total. The van der Waals surface area contributed by atoms with Crippen molar-refractivity contribution in [2.75, 3.05) is 6.38 Å². The second kappa shape index (κ2) is 7.35. The van der Waals surface area contributed by atoms with Crippen LogP contribution in [0.2, 0.25) is 0 Å². The molecule has 0 bridgehead atoms. The summed E-state index contributed by atoms with van der Waals surface area (Å²) in [5, 5.41) is 0. The van der Waals surface area contributed by atoms with Gasteiger partial charge in [-0.05, 0) is 25.0 Å². The van der Waals surface area contributed by atoms with Crippen LogP contribution in [0.1, 0.15) is 12.8 Å². The lowest BCUT2D eigenvalue weighted by atomic mass is 10.2. The van der Waals surface area contributed by atoms with Crippen molar-refractivity contribution in [3.63, 3.8) is 0 Å². The fourth-order valence-corrected chi connectivity index (χ4v) is 0.732. The standard InChI is InChI=1S/C7H8O2.CH3Cl/c8-6-9-7-4-2-1-3-5-7;1-2/h2,4-6H,1,3H2;1H3. The van der Waals surface area contributed by atoms with Crippen molar-refractivity contribution in [3.05, 3.63) is 24.0 Å². The van der Waals surface area contributed by atoms with E-state index < -0.39 is 0 Å². The van der Waals surface area contributed by atoms with Crippen LogP contribution in [0.4, 0.5) is 0 Å². The summed E-state index contributed by atoms with van der Waals surface area (Å²) in [4.78, 5) is 9.78. The second-order valence-corrected chi connectivity index (χ2v) is 1.80. The zero-order chi connectivity index (χ0) is 8.53. The van der Waals surface area contributed by atoms with Gasteiger partial charge in [-0.1, -0.05) is 6.08 Å². The fourth-order valence-electron chi connectivity index (χ4n) is 0.732. The third kappa shape index (κ3) is 4.62. The first kappa shape index (κ1) is 10.2. The third-order valence-corrected chi connectivity index (χ3v) is 1.15. The van der Waals surface area contributed by atoms with Crippen molar-refractivity contribution in [3.8, 4) is 0 Å². The number of alkyl halides is 1. The van der Waals surface area contributed by atoms with Crippen LogP contribution in [0, 0.1) is 0 Å². The van der Waals surface area contributed by atoms with Gasteiger partial charge in [0, 0.05) is 6.38 Å². The van der Waals surface area contributed by atoms with E-state index in [1.165, 1.54) is 6.38 Å². The zero-order valence-electron chi connectivity index (χ0n) is 6.42. The molecule has 2 nitrogen and oxygen atoms in total. The van der Waals surface area contributed by atoms with Crippen LogP contribution in [0.15, 0.2) is 24.0 Å². The monoisotopic (exact) mass is 174 g/mol. The lowest BCUT2D eigenvalue weighted by Crippen LogP contribution is -1.88. The maximum Gasteiger partial charge on any atom is 0.298 e. The number of ether oxygens (including phenoxy) is 1. The van der Waals surface area contributed by atoms with Crippen LogP contribution < -0.4 is 0 Å². The van der Waals surface area contributed by atoms with Gasteiger partial charge in [-0.25, -0.2) is 0 Å². The molecule has 1 aliphatic carbocycles. The highest BCUT2D eigenvalue weighted by atomic mass is 35.5. The summed E-state index contributed by atoms with van der Waals surface area (Å²) >= 11 is 4.64. The lowest BCUT2D eigenvalue weighted by molar-refractivity contribution is -0.124. The Labute approximate surface area is 71.5 Å². The smallest absolute Gasteiger partial charge is 0.298 e. The molecule has 0 spiro atoms. The predicted molar refractivity (Wildman–Crippen MR) is 45.4 cm³/mol. The Kier molecular flexibility index (Phi) is 6.84. The lowest BCUT2D eigenvalue weighted by Gasteiger charge is -2.01. The first-order valence-corrected chi connectivity index (χ1v) is 4.04. The number of hydrogen-bond acceptors (Lipinski definition) is 2. The van der Waals surface area contributed by atoms with Crippen LogP contribution in [0.25, 0.3) is 0 Å². The van der Waals surface area contributed by atoms with E-state index in [-0.39, 0.29) is 0 Å². The molecule has 0 unspecified atom stereocenters. The number of hydrogen-bond donors (Lipinski definition) is 0. The fraction of sp³-hybridized carbons (Fsp3) is 0.375. The number of carbonyl (C=O) groups excluding carboxylic acids is 1. The maximum atomic E-state index is 9.78. The SMILES string of the molecule is CCl.O=COC1=CCCC=C1. The van der Waals surface area contributed by atoms with Crippen molar-refractivity contribution in [1.82, 2.24) is 0 Å². The molecule has 0 aromatic heterocycles. The van der Waals surface area contributed by atoms with Gasteiger partial charge in [0.1, 0.15) is 5.76 Å². The second-order valence-electron chi connectivity index (χ2n) is 1.80. The summed E-state index contributed by atoms with van der Waals surface area (Å²) < 4.78 is 4.58. The molecule has 0 radical (unpaired) electrons. The molecule has 0 aliphatic heterocycles. The van der Waals surface area contributed by atoms with Gasteiger partial charge in [-0.15, -0.1) is 11.6 Å². The first-order chi connectivity index (χ1) is 5.43. The summed E-state index contributed by atoms with van der Waals surface area (Å²) in [7, 11) is 0. The number of carbonyl (C=O) groups is 1. The maximum absolute atomic E-state index is 9.78. The van der Waals surface area contributed by atoms with E-state index in [4.69, 9.17) is 0 Å². The molecule has 0 amide bonds. The van der Waals surface area contributed by atoms with E-state index in [1.54, 1.807) is 6.08 Å². The van der Waals surface area contributed by atoms with Gasteiger partial charge in [0.25, 0.3) is 6.47 Å². The molecule has 0 aromatic carbocycles. The average Bonchev–Trinajstić information content (AvgIpc) is 2.11. The molecular formula is C8H11ClO2. The molecule has 0 atom stereocenters. The minimum absolute atomic E-state index is 0.446. The van der Waals surface area contributed by atoms with Crippen LogP contribution in [-0.2, 0) is 9.53 Å². The van der Waals surface area contributed by atoms with Crippen molar-refractivity contribution < 1.29 is 9.53 Å². The number of halogens is 1. The van der Waals surface area contributed by atoms with Crippen LogP contribution in [-0.4, -0.2) is 12.9 Å². The molecule has 0 saturated heterocycles. The molecule has 0 fully saturated rings. The van der Waals surface area contributed by atoms with E-state index in [2.05, 4.69) is 16.3 Å². The Balaban J connectivity index is 0.000000461. The Bertz CT molecular complexity index is 161. The van der Waals surface area contributed by atoms with Crippen LogP contribution in [0.5, 0.6) is 0 Å². The first-order valence-electron chi connectivity index (χ1n) is 3.28. The Morgan fingerprint density at radius 2 is 2.27 bits per heavy atom. The Morgan fingerprint density at radius 1 is 1.55 bits per heavy atom. The molecule has 1 aliphatic rings. The van der Waals surface area contributed by atoms with Gasteiger partial charge in [-0.3, -0.25) is 4.79 Å². The summed E-state index contributed by atoms with van der Waals surface area (Å²) in [5.74, 6) is 0.663. The zero-order valence-corrected chi connectivity index (χ0v) is 7.17. The van der Waals surface area contributed by atoms with Crippen molar-refractivity contribution in [1.29, 1.82) is 0 Å². The van der Waals surface area contributed by atoms with Gasteiger partial charge < -0.3 is 4.74 Å². The predicted octanol–water partition coefficient (Wildman–Crippen LogP) is 2.25.